The molecule has 0 aliphatic carbocycles. The van der Waals surface area contributed by atoms with E-state index in [9.17, 15) is 0 Å². The molecule has 0 bridgehead atoms. The van der Waals surface area contributed by atoms with E-state index in [1.54, 1.807) is 0 Å². The first-order valence-electron chi connectivity index (χ1n) is 7.67. The lowest BCUT2D eigenvalue weighted by molar-refractivity contribution is -0.164. The van der Waals surface area contributed by atoms with Crippen LogP contribution in [0, 0.1) is 0 Å². The summed E-state index contributed by atoms with van der Waals surface area (Å²) in [4.78, 5) is 0. The molecule has 1 aliphatic rings. The van der Waals surface area contributed by atoms with Crippen molar-refractivity contribution < 1.29 is 14.2 Å². The number of hydrogen-bond donors (Lipinski definition) is 2. The first-order valence-corrected chi connectivity index (χ1v) is 7.67. The van der Waals surface area contributed by atoms with Gasteiger partial charge in [-0.25, -0.2) is 0 Å². The fraction of sp³-hybridized carbons (Fsp3) is 0.333. The molecular formula is C18H22N2O3. The molecule has 0 saturated carbocycles. The molecule has 2 atom stereocenters. The van der Waals surface area contributed by atoms with Gasteiger partial charge in [0.05, 0.1) is 6.61 Å². The molecule has 5 nitrogen and oxygen atoms in total. The molecule has 2 unspecified atom stereocenters. The summed E-state index contributed by atoms with van der Waals surface area (Å²) in [7, 11) is 1.89. The summed E-state index contributed by atoms with van der Waals surface area (Å²) in [6.45, 7) is 2.87. The Morgan fingerprint density at radius 1 is 1.26 bits per heavy atom. The van der Waals surface area contributed by atoms with Crippen LogP contribution >= 0.6 is 0 Å². The molecule has 0 aromatic heterocycles. The van der Waals surface area contributed by atoms with E-state index in [0.29, 0.717) is 13.2 Å². The van der Waals surface area contributed by atoms with Gasteiger partial charge in [-0.2, -0.15) is 0 Å². The van der Waals surface area contributed by atoms with Crippen LogP contribution in [0.25, 0.3) is 0 Å². The van der Waals surface area contributed by atoms with Gasteiger partial charge < -0.3 is 25.3 Å². The van der Waals surface area contributed by atoms with E-state index < -0.39 is 5.79 Å². The van der Waals surface area contributed by atoms with E-state index >= 15 is 0 Å². The van der Waals surface area contributed by atoms with Crippen LogP contribution in [-0.4, -0.2) is 26.4 Å². The second kappa shape index (κ2) is 6.48. The molecule has 1 fully saturated rings. The Morgan fingerprint density at radius 3 is 2.78 bits per heavy atom. The fourth-order valence-electron chi connectivity index (χ4n) is 2.58. The van der Waals surface area contributed by atoms with Gasteiger partial charge in [0.1, 0.15) is 18.5 Å². The summed E-state index contributed by atoms with van der Waals surface area (Å²) in [6, 6.07) is 15.3. The van der Waals surface area contributed by atoms with E-state index in [1.165, 1.54) is 0 Å². The molecule has 0 radical (unpaired) electrons. The minimum absolute atomic E-state index is 0.115. The van der Waals surface area contributed by atoms with Gasteiger partial charge in [0, 0.05) is 24.0 Å². The smallest absolute Gasteiger partial charge is 0.192 e. The Labute approximate surface area is 136 Å². The zero-order valence-electron chi connectivity index (χ0n) is 13.4. The number of nitrogens with two attached hydrogens (primary N) is 1. The average molecular weight is 314 g/mol. The third-order valence-corrected chi connectivity index (χ3v) is 3.93. The average Bonchev–Trinajstić information content (AvgIpc) is 2.97. The van der Waals surface area contributed by atoms with Crippen molar-refractivity contribution in [3.05, 3.63) is 54.1 Å². The highest BCUT2D eigenvalue weighted by Gasteiger charge is 2.39. The Hall–Kier alpha value is -2.24. The number of benzene rings is 2. The topological polar surface area (TPSA) is 65.7 Å². The van der Waals surface area contributed by atoms with Gasteiger partial charge in [-0.3, -0.25) is 0 Å². The summed E-state index contributed by atoms with van der Waals surface area (Å²) in [5.74, 6) is 0.0238. The van der Waals surface area contributed by atoms with Crippen LogP contribution in [0.15, 0.2) is 48.5 Å². The second-order valence-corrected chi connectivity index (χ2v) is 5.71. The predicted molar refractivity (Wildman–Crippen MR) is 90.5 cm³/mol. The van der Waals surface area contributed by atoms with Crippen molar-refractivity contribution in [1.29, 1.82) is 0 Å². The van der Waals surface area contributed by atoms with Crippen molar-refractivity contribution in [2.75, 3.05) is 31.3 Å². The van der Waals surface area contributed by atoms with Crippen LogP contribution in [0.1, 0.15) is 12.5 Å². The molecule has 23 heavy (non-hydrogen) atoms. The van der Waals surface area contributed by atoms with Crippen LogP contribution in [0.3, 0.4) is 0 Å². The standard InChI is InChI=1S/C18H22N2O3/c1-18(13-4-3-5-15(10-13)20-2)22-12-17(23-18)11-21-16-8-6-14(19)7-9-16/h3-10,17,20H,11-12,19H2,1-2H3. The zero-order valence-corrected chi connectivity index (χ0v) is 13.4. The zero-order chi connectivity index (χ0) is 16.3. The van der Waals surface area contributed by atoms with Crippen LogP contribution in [0.4, 0.5) is 11.4 Å². The second-order valence-electron chi connectivity index (χ2n) is 5.71. The summed E-state index contributed by atoms with van der Waals surface area (Å²) in [6.07, 6.45) is -0.115. The lowest BCUT2D eigenvalue weighted by atomic mass is 10.1. The molecule has 5 heteroatoms. The molecule has 1 aliphatic heterocycles. The first-order chi connectivity index (χ1) is 11.1. The SMILES string of the molecule is CNc1cccc(C2(C)OCC(COc3ccc(N)cc3)O2)c1. The minimum atomic E-state index is -0.748. The lowest BCUT2D eigenvalue weighted by Crippen LogP contribution is -2.26. The number of nitrogen functional groups attached to an aromatic ring is 1. The first kappa shape index (κ1) is 15.6. The van der Waals surface area contributed by atoms with Crippen molar-refractivity contribution in [3.63, 3.8) is 0 Å². The van der Waals surface area contributed by atoms with Crippen LogP contribution < -0.4 is 15.8 Å². The van der Waals surface area contributed by atoms with Crippen molar-refractivity contribution in [3.8, 4) is 5.75 Å². The van der Waals surface area contributed by atoms with Crippen molar-refractivity contribution in [2.45, 2.75) is 18.8 Å². The lowest BCUT2D eigenvalue weighted by Gasteiger charge is -2.24. The Kier molecular flexibility index (Phi) is 4.41. The minimum Gasteiger partial charge on any atom is -0.491 e. The Bertz CT molecular complexity index is 660. The molecule has 1 heterocycles. The maximum absolute atomic E-state index is 6.08. The highest BCUT2D eigenvalue weighted by molar-refractivity contribution is 5.46. The monoisotopic (exact) mass is 314 g/mol. The van der Waals surface area contributed by atoms with Gasteiger partial charge in [0.25, 0.3) is 0 Å². The molecular weight excluding hydrogens is 292 g/mol. The van der Waals surface area contributed by atoms with Gasteiger partial charge in [-0.05, 0) is 43.3 Å². The Balaban J connectivity index is 1.61. The Morgan fingerprint density at radius 2 is 2.04 bits per heavy atom. The number of hydrogen-bond acceptors (Lipinski definition) is 5. The molecule has 3 rings (SSSR count). The number of anilines is 2. The van der Waals surface area contributed by atoms with E-state index in [4.69, 9.17) is 19.9 Å². The van der Waals surface area contributed by atoms with Gasteiger partial charge >= 0.3 is 0 Å². The largest absolute Gasteiger partial charge is 0.491 e. The number of ether oxygens (including phenoxy) is 3. The highest BCUT2D eigenvalue weighted by Crippen LogP contribution is 2.35. The van der Waals surface area contributed by atoms with Crippen LogP contribution in [0.5, 0.6) is 5.75 Å². The predicted octanol–water partition coefficient (Wildman–Crippen LogP) is 2.98. The van der Waals surface area contributed by atoms with Gasteiger partial charge in [0.15, 0.2) is 5.79 Å². The summed E-state index contributed by atoms with van der Waals surface area (Å²) in [5, 5.41) is 3.12. The molecule has 122 valence electrons. The van der Waals surface area contributed by atoms with E-state index in [0.717, 1.165) is 22.7 Å². The molecule has 0 amide bonds. The van der Waals surface area contributed by atoms with Crippen molar-refractivity contribution in [2.24, 2.45) is 0 Å². The summed E-state index contributed by atoms with van der Waals surface area (Å²) in [5.41, 5.74) is 8.39. The van der Waals surface area contributed by atoms with Crippen LogP contribution in [-0.2, 0) is 15.3 Å². The molecule has 0 spiro atoms. The number of nitrogens with one attached hydrogen (secondary N) is 1. The molecule has 3 N–H and O–H groups in total. The van der Waals surface area contributed by atoms with Crippen LogP contribution in [0.2, 0.25) is 0 Å². The quantitative estimate of drug-likeness (QED) is 0.831. The maximum atomic E-state index is 6.08. The third-order valence-electron chi connectivity index (χ3n) is 3.93. The molecule has 2 aromatic carbocycles. The molecule has 2 aromatic rings. The fourth-order valence-corrected chi connectivity index (χ4v) is 2.58. The highest BCUT2D eigenvalue weighted by atomic mass is 16.7. The van der Waals surface area contributed by atoms with Gasteiger partial charge in [0.2, 0.25) is 0 Å². The van der Waals surface area contributed by atoms with Crippen molar-refractivity contribution >= 4 is 11.4 Å². The van der Waals surface area contributed by atoms with Gasteiger partial charge in [-0.1, -0.05) is 12.1 Å². The maximum Gasteiger partial charge on any atom is 0.192 e. The third kappa shape index (κ3) is 3.57. The van der Waals surface area contributed by atoms with E-state index in [2.05, 4.69) is 5.32 Å². The van der Waals surface area contributed by atoms with Crippen molar-refractivity contribution in [1.82, 2.24) is 0 Å². The van der Waals surface area contributed by atoms with Gasteiger partial charge in [-0.15, -0.1) is 0 Å². The summed E-state index contributed by atoms with van der Waals surface area (Å²) >= 11 is 0. The van der Waals surface area contributed by atoms with E-state index in [-0.39, 0.29) is 6.10 Å². The number of rotatable bonds is 5. The molecule has 1 saturated heterocycles. The normalized spacial score (nSPS) is 23.7. The summed E-state index contributed by atoms with van der Waals surface area (Å²) < 4.78 is 17.7. The van der Waals surface area contributed by atoms with E-state index in [1.807, 2.05) is 62.5 Å².